The molecule has 0 aromatic carbocycles. The molecule has 2 heterocycles. The summed E-state index contributed by atoms with van der Waals surface area (Å²) in [5, 5.41) is 5.38. The minimum Gasteiger partial charge on any atom is -0.468 e. The van der Waals surface area contributed by atoms with Crippen molar-refractivity contribution in [3.8, 4) is 5.88 Å². The molecule has 1 aromatic heterocycles. The Bertz CT molecular complexity index is 537. The van der Waals surface area contributed by atoms with Gasteiger partial charge >= 0.3 is 12.2 Å². The van der Waals surface area contributed by atoms with Gasteiger partial charge in [0.15, 0.2) is 6.61 Å². The van der Waals surface area contributed by atoms with E-state index in [9.17, 15) is 18.0 Å². The molecule has 1 saturated heterocycles. The van der Waals surface area contributed by atoms with E-state index in [0.29, 0.717) is 18.2 Å². The number of carbonyl (C=O) groups is 1. The summed E-state index contributed by atoms with van der Waals surface area (Å²) in [7, 11) is 0. The highest BCUT2D eigenvalue weighted by Crippen LogP contribution is 2.18. The number of nitrogens with zero attached hydrogens (tertiary/aromatic N) is 2. The van der Waals surface area contributed by atoms with Crippen LogP contribution in [0, 0.1) is 5.92 Å². The van der Waals surface area contributed by atoms with Crippen LogP contribution >= 0.6 is 0 Å². The van der Waals surface area contributed by atoms with E-state index in [2.05, 4.69) is 32.2 Å². The van der Waals surface area contributed by atoms with Crippen molar-refractivity contribution in [2.24, 2.45) is 5.92 Å². The topological polar surface area (TPSA) is 66.5 Å². The average Bonchev–Trinajstić information content (AvgIpc) is 3.00. The minimum atomic E-state index is -4.41. The molecule has 1 fully saturated rings. The molecule has 1 aliphatic heterocycles. The Morgan fingerprint density at radius 3 is 2.83 bits per heavy atom. The molecule has 2 N–H and O–H groups in total. The summed E-state index contributed by atoms with van der Waals surface area (Å²) in [6.07, 6.45) is -2.10. The van der Waals surface area contributed by atoms with E-state index in [0.717, 1.165) is 26.1 Å². The van der Waals surface area contributed by atoms with Crippen LogP contribution in [0.15, 0.2) is 18.3 Å². The number of urea groups is 1. The number of aromatic nitrogens is 1. The molecule has 134 valence electrons. The van der Waals surface area contributed by atoms with E-state index in [1.807, 2.05) is 0 Å². The van der Waals surface area contributed by atoms with Gasteiger partial charge in [-0.2, -0.15) is 13.2 Å². The third-order valence-electron chi connectivity index (χ3n) is 3.75. The molecule has 24 heavy (non-hydrogen) atoms. The molecule has 1 unspecified atom stereocenters. The maximum Gasteiger partial charge on any atom is 0.422 e. The van der Waals surface area contributed by atoms with Crippen LogP contribution in [0.1, 0.15) is 13.3 Å². The number of pyridine rings is 1. The number of likely N-dealkylation sites (tertiary alicyclic amines) is 1. The summed E-state index contributed by atoms with van der Waals surface area (Å²) < 4.78 is 40.6. The second-order valence-electron chi connectivity index (χ2n) is 5.67. The van der Waals surface area contributed by atoms with Gasteiger partial charge in [-0.05, 0) is 31.5 Å². The lowest BCUT2D eigenvalue weighted by atomic mass is 10.1. The second-order valence-corrected chi connectivity index (χ2v) is 5.67. The first kappa shape index (κ1) is 18.3. The predicted octanol–water partition coefficient (Wildman–Crippen LogP) is 2.49. The van der Waals surface area contributed by atoms with Crippen molar-refractivity contribution in [1.82, 2.24) is 15.2 Å². The number of hydrogen-bond donors (Lipinski definition) is 2. The standard InChI is InChI=1S/C15H21F3N4O2/c1-2-22-6-5-11(9-22)7-20-14(23)21-12-3-4-13(19-8-12)24-10-15(16,17)18/h3-4,8,11H,2,5-7,9-10H2,1H3,(H2,20,21,23). The SMILES string of the molecule is CCN1CCC(CNC(=O)Nc2ccc(OCC(F)(F)F)nc2)C1. The molecule has 9 heteroatoms. The van der Waals surface area contributed by atoms with Gasteiger partial charge in [0.2, 0.25) is 5.88 Å². The molecule has 0 aliphatic carbocycles. The lowest BCUT2D eigenvalue weighted by molar-refractivity contribution is -0.154. The number of anilines is 1. The largest absolute Gasteiger partial charge is 0.468 e. The molecule has 0 radical (unpaired) electrons. The summed E-state index contributed by atoms with van der Waals surface area (Å²) in [4.78, 5) is 17.9. The van der Waals surface area contributed by atoms with Crippen molar-refractivity contribution in [1.29, 1.82) is 0 Å². The smallest absolute Gasteiger partial charge is 0.422 e. The number of rotatable bonds is 6. The molecule has 0 saturated carbocycles. The van der Waals surface area contributed by atoms with E-state index < -0.39 is 12.8 Å². The van der Waals surface area contributed by atoms with E-state index in [1.165, 1.54) is 18.3 Å². The number of carbonyl (C=O) groups excluding carboxylic acids is 1. The molecular formula is C15H21F3N4O2. The predicted molar refractivity (Wildman–Crippen MR) is 83.0 cm³/mol. The lowest BCUT2D eigenvalue weighted by Gasteiger charge is -2.14. The monoisotopic (exact) mass is 346 g/mol. The molecule has 1 aromatic rings. The Morgan fingerprint density at radius 2 is 2.25 bits per heavy atom. The van der Waals surface area contributed by atoms with Crippen molar-refractivity contribution in [2.75, 3.05) is 38.1 Å². The fraction of sp³-hybridized carbons (Fsp3) is 0.600. The van der Waals surface area contributed by atoms with Gasteiger partial charge in [0.05, 0.1) is 11.9 Å². The van der Waals surface area contributed by atoms with Crippen LogP contribution in [0.25, 0.3) is 0 Å². The normalized spacial score (nSPS) is 18.4. The van der Waals surface area contributed by atoms with Crippen molar-refractivity contribution in [2.45, 2.75) is 19.5 Å². The molecule has 0 bridgehead atoms. The lowest BCUT2D eigenvalue weighted by Crippen LogP contribution is -2.34. The van der Waals surface area contributed by atoms with Crippen molar-refractivity contribution < 1.29 is 22.7 Å². The maximum atomic E-state index is 12.0. The van der Waals surface area contributed by atoms with Gasteiger partial charge in [-0.3, -0.25) is 0 Å². The third-order valence-corrected chi connectivity index (χ3v) is 3.75. The van der Waals surface area contributed by atoms with Crippen molar-refractivity contribution in [3.05, 3.63) is 18.3 Å². The highest BCUT2D eigenvalue weighted by atomic mass is 19.4. The number of amides is 2. The Hall–Kier alpha value is -2.03. The van der Waals surface area contributed by atoms with Crippen molar-refractivity contribution >= 4 is 11.7 Å². The van der Waals surface area contributed by atoms with Crippen LogP contribution in [0.3, 0.4) is 0 Å². The summed E-state index contributed by atoms with van der Waals surface area (Å²) >= 11 is 0. The Labute approximate surface area is 138 Å². The number of nitrogens with one attached hydrogen (secondary N) is 2. The van der Waals surface area contributed by atoms with E-state index >= 15 is 0 Å². The van der Waals surface area contributed by atoms with Gasteiger partial charge in [-0.1, -0.05) is 6.92 Å². The molecule has 0 spiro atoms. The number of halogens is 3. The van der Waals surface area contributed by atoms with Gasteiger partial charge in [0.1, 0.15) is 0 Å². The molecular weight excluding hydrogens is 325 g/mol. The Kier molecular flexibility index (Phi) is 6.24. The second kappa shape index (κ2) is 8.18. The highest BCUT2D eigenvalue weighted by Gasteiger charge is 2.28. The Morgan fingerprint density at radius 1 is 1.46 bits per heavy atom. The van der Waals surface area contributed by atoms with Crippen LogP contribution in [-0.2, 0) is 0 Å². The fourth-order valence-electron chi connectivity index (χ4n) is 2.47. The van der Waals surface area contributed by atoms with Crippen LogP contribution in [0.2, 0.25) is 0 Å². The van der Waals surface area contributed by atoms with E-state index in [-0.39, 0.29) is 11.9 Å². The minimum absolute atomic E-state index is 0.149. The van der Waals surface area contributed by atoms with Gasteiger partial charge in [-0.15, -0.1) is 0 Å². The first-order valence-electron chi connectivity index (χ1n) is 7.78. The van der Waals surface area contributed by atoms with Crippen molar-refractivity contribution in [3.63, 3.8) is 0 Å². The van der Waals surface area contributed by atoms with Crippen LogP contribution in [0.5, 0.6) is 5.88 Å². The van der Waals surface area contributed by atoms with Crippen LogP contribution < -0.4 is 15.4 Å². The quantitative estimate of drug-likeness (QED) is 0.831. The highest BCUT2D eigenvalue weighted by molar-refractivity contribution is 5.88. The van der Waals surface area contributed by atoms with Gasteiger partial charge < -0.3 is 20.3 Å². The number of hydrogen-bond acceptors (Lipinski definition) is 4. The molecule has 6 nitrogen and oxygen atoms in total. The zero-order chi connectivity index (χ0) is 17.6. The first-order valence-corrected chi connectivity index (χ1v) is 7.78. The molecule has 1 atom stereocenters. The average molecular weight is 346 g/mol. The number of alkyl halides is 3. The van der Waals surface area contributed by atoms with Gasteiger partial charge in [0.25, 0.3) is 0 Å². The summed E-state index contributed by atoms with van der Waals surface area (Å²) in [5.74, 6) is 0.288. The fourth-order valence-corrected chi connectivity index (χ4v) is 2.47. The van der Waals surface area contributed by atoms with E-state index in [1.54, 1.807) is 0 Å². The molecule has 2 rings (SSSR count). The Balaban J connectivity index is 1.72. The summed E-state index contributed by atoms with van der Waals surface area (Å²) in [6.45, 7) is 4.33. The van der Waals surface area contributed by atoms with Gasteiger partial charge in [-0.25, -0.2) is 9.78 Å². The van der Waals surface area contributed by atoms with E-state index in [4.69, 9.17) is 0 Å². The van der Waals surface area contributed by atoms with Crippen LogP contribution in [0.4, 0.5) is 23.7 Å². The summed E-state index contributed by atoms with van der Waals surface area (Å²) in [5.41, 5.74) is 0.383. The number of ether oxygens (including phenoxy) is 1. The molecule has 1 aliphatic rings. The zero-order valence-corrected chi connectivity index (χ0v) is 13.4. The first-order chi connectivity index (χ1) is 11.4. The summed E-state index contributed by atoms with van der Waals surface area (Å²) in [6, 6.07) is 2.35. The maximum absolute atomic E-state index is 12.0. The van der Waals surface area contributed by atoms with Gasteiger partial charge in [0, 0.05) is 19.2 Å². The third kappa shape index (κ3) is 6.23. The molecule has 2 amide bonds. The van der Waals surface area contributed by atoms with Crippen LogP contribution in [-0.4, -0.2) is 54.9 Å². The zero-order valence-electron chi connectivity index (χ0n) is 13.4.